The summed E-state index contributed by atoms with van der Waals surface area (Å²) in [6, 6.07) is 8.25. The highest BCUT2D eigenvalue weighted by molar-refractivity contribution is 6.42. The molecule has 1 aromatic carbocycles. The van der Waals surface area contributed by atoms with Gasteiger partial charge >= 0.3 is 0 Å². The number of aliphatic hydroxyl groups is 1. The first-order valence-electron chi connectivity index (χ1n) is 17.7. The molecule has 5 rings (SSSR count). The largest absolute Gasteiger partial charge is 0.395 e. The van der Waals surface area contributed by atoms with Crippen LogP contribution in [0, 0.1) is 11.8 Å². The second-order valence-electron chi connectivity index (χ2n) is 14.2. The number of rotatable bonds is 13. The molecule has 0 aromatic heterocycles. The number of hydrogen-bond acceptors (Lipinski definition) is 6. The predicted octanol–water partition coefficient (Wildman–Crippen LogP) is 5.64. The number of likely N-dealkylation sites (tertiary alicyclic amines) is 1. The van der Waals surface area contributed by atoms with E-state index in [2.05, 4.69) is 44.8 Å². The van der Waals surface area contributed by atoms with Crippen LogP contribution in [0.25, 0.3) is 0 Å². The third-order valence-corrected chi connectivity index (χ3v) is 12.2. The Labute approximate surface area is 272 Å². The van der Waals surface area contributed by atoms with Gasteiger partial charge in [-0.05, 0) is 61.8 Å². The van der Waals surface area contributed by atoms with Gasteiger partial charge in [-0.1, -0.05) is 81.6 Å². The molecule has 43 heavy (non-hydrogen) atoms. The molecule has 5 atom stereocenters. The van der Waals surface area contributed by atoms with Gasteiger partial charge in [-0.25, -0.2) is 0 Å². The van der Waals surface area contributed by atoms with Crippen molar-refractivity contribution < 1.29 is 5.11 Å². The number of benzene rings is 1. The Morgan fingerprint density at radius 1 is 0.930 bits per heavy atom. The molecule has 1 aromatic rings. The highest BCUT2D eigenvalue weighted by atomic mass is 35.5. The lowest BCUT2D eigenvalue weighted by atomic mass is 9.83. The normalized spacial score (nSPS) is 28.8. The molecule has 244 valence electrons. The number of nitrogens with one attached hydrogen (secondary N) is 1. The topological polar surface area (TPSA) is 45.2 Å². The second-order valence-corrected chi connectivity index (χ2v) is 15.0. The van der Waals surface area contributed by atoms with E-state index in [4.69, 9.17) is 23.2 Å². The van der Waals surface area contributed by atoms with Gasteiger partial charge in [0.05, 0.1) is 16.7 Å². The minimum Gasteiger partial charge on any atom is -0.395 e. The molecule has 8 heteroatoms. The summed E-state index contributed by atoms with van der Waals surface area (Å²) in [7, 11) is 0. The second kappa shape index (κ2) is 16.9. The Morgan fingerprint density at radius 3 is 2.53 bits per heavy atom. The molecule has 4 fully saturated rings. The number of aliphatic hydroxyl groups excluding tert-OH is 1. The van der Waals surface area contributed by atoms with Crippen molar-refractivity contribution in [3.63, 3.8) is 0 Å². The van der Waals surface area contributed by atoms with Crippen LogP contribution < -0.4 is 5.32 Å². The molecule has 0 amide bonds. The van der Waals surface area contributed by atoms with E-state index in [-0.39, 0.29) is 12.6 Å². The van der Waals surface area contributed by atoms with Gasteiger partial charge in [-0.2, -0.15) is 0 Å². The van der Waals surface area contributed by atoms with Crippen molar-refractivity contribution in [1.29, 1.82) is 0 Å². The minimum absolute atomic E-state index is 0.260. The molecule has 0 radical (unpaired) electrons. The van der Waals surface area contributed by atoms with Crippen molar-refractivity contribution in [1.82, 2.24) is 24.9 Å². The zero-order valence-corrected chi connectivity index (χ0v) is 28.5. The Balaban J connectivity index is 1.26. The van der Waals surface area contributed by atoms with E-state index in [1.165, 1.54) is 89.5 Å². The zero-order chi connectivity index (χ0) is 30.2. The van der Waals surface area contributed by atoms with Gasteiger partial charge in [0.15, 0.2) is 0 Å². The van der Waals surface area contributed by atoms with Crippen molar-refractivity contribution in [3.05, 3.63) is 33.8 Å². The lowest BCUT2D eigenvalue weighted by Crippen LogP contribution is -2.60. The Kier molecular flexibility index (Phi) is 13.3. The van der Waals surface area contributed by atoms with Gasteiger partial charge < -0.3 is 10.4 Å². The highest BCUT2D eigenvalue weighted by Crippen LogP contribution is 2.32. The standard InChI is InChI=1S/C35H59Cl2N5O/c1-3-27(2)35-25-42(19-18-39(35)16-13-29-11-12-33(36)34(37)21-29)31(20-28-8-5-4-6-9-28)24-40-15-7-10-30(40)23-41-17-14-38-22-32(41)26-43/h11-12,21,27-28,30-32,35,38,43H,3-10,13-20,22-26H2,1-2H3/t27-,30+,31+,32-,35?/m1/s1. The van der Waals surface area contributed by atoms with Crippen molar-refractivity contribution in [2.24, 2.45) is 11.8 Å². The van der Waals surface area contributed by atoms with Crippen molar-refractivity contribution in [2.45, 2.75) is 102 Å². The summed E-state index contributed by atoms with van der Waals surface area (Å²) >= 11 is 12.5. The van der Waals surface area contributed by atoms with Gasteiger partial charge in [0.1, 0.15) is 0 Å². The average molecular weight is 637 g/mol. The van der Waals surface area contributed by atoms with E-state index in [9.17, 15) is 5.11 Å². The number of nitrogens with zero attached hydrogens (tertiary/aromatic N) is 4. The molecule has 2 N–H and O–H groups in total. The van der Waals surface area contributed by atoms with Crippen LogP contribution in [0.2, 0.25) is 10.0 Å². The molecule has 6 nitrogen and oxygen atoms in total. The molecule has 4 aliphatic rings. The van der Waals surface area contributed by atoms with Gasteiger partial charge in [-0.15, -0.1) is 0 Å². The predicted molar refractivity (Wildman–Crippen MR) is 181 cm³/mol. The Morgan fingerprint density at radius 2 is 1.77 bits per heavy atom. The zero-order valence-electron chi connectivity index (χ0n) is 27.0. The summed E-state index contributed by atoms with van der Waals surface area (Å²) in [5, 5.41) is 14.8. The fourth-order valence-electron chi connectivity index (χ4n) is 8.51. The maximum Gasteiger partial charge on any atom is 0.0599 e. The molecule has 1 unspecified atom stereocenters. The third kappa shape index (κ3) is 9.32. The maximum absolute atomic E-state index is 10.0. The molecule has 3 saturated heterocycles. The maximum atomic E-state index is 10.0. The summed E-state index contributed by atoms with van der Waals surface area (Å²) < 4.78 is 0. The summed E-state index contributed by atoms with van der Waals surface area (Å²) in [5.74, 6) is 1.57. The van der Waals surface area contributed by atoms with Crippen LogP contribution >= 0.6 is 23.2 Å². The smallest absolute Gasteiger partial charge is 0.0599 e. The first-order valence-corrected chi connectivity index (χ1v) is 18.4. The first-order chi connectivity index (χ1) is 20.9. The molecule has 1 aliphatic carbocycles. The monoisotopic (exact) mass is 635 g/mol. The van der Waals surface area contributed by atoms with E-state index in [0.717, 1.165) is 51.6 Å². The average Bonchev–Trinajstić information content (AvgIpc) is 3.47. The first kappa shape index (κ1) is 33.9. The van der Waals surface area contributed by atoms with Crippen LogP contribution in [-0.2, 0) is 6.42 Å². The fourth-order valence-corrected chi connectivity index (χ4v) is 8.83. The Hall–Kier alpha value is -0.440. The van der Waals surface area contributed by atoms with Gasteiger partial charge in [0, 0.05) is 83.1 Å². The fraction of sp³-hybridized carbons (Fsp3) is 0.829. The lowest BCUT2D eigenvalue weighted by molar-refractivity contribution is 0.00225. The molecule has 3 aliphatic heterocycles. The van der Waals surface area contributed by atoms with Crippen molar-refractivity contribution in [3.8, 4) is 0 Å². The highest BCUT2D eigenvalue weighted by Gasteiger charge is 2.37. The van der Waals surface area contributed by atoms with E-state index in [1.54, 1.807) is 0 Å². The van der Waals surface area contributed by atoms with E-state index < -0.39 is 0 Å². The van der Waals surface area contributed by atoms with Crippen molar-refractivity contribution >= 4 is 23.2 Å². The van der Waals surface area contributed by atoms with Crippen molar-refractivity contribution in [2.75, 3.05) is 72.1 Å². The van der Waals surface area contributed by atoms with Gasteiger partial charge in [0.25, 0.3) is 0 Å². The molecule has 0 bridgehead atoms. The SMILES string of the molecule is CC[C@@H](C)C1CN([C@@H](CC2CCCCC2)CN2CCC[C@H]2CN2CCNC[C@@H]2CO)CCN1CCc1ccc(Cl)c(Cl)c1. The minimum atomic E-state index is 0.260. The molecular weight excluding hydrogens is 577 g/mol. The number of halogens is 2. The summed E-state index contributed by atoms with van der Waals surface area (Å²) in [4.78, 5) is 11.1. The van der Waals surface area contributed by atoms with Gasteiger partial charge in [0.2, 0.25) is 0 Å². The summed E-state index contributed by atoms with van der Waals surface area (Å²) in [6.45, 7) is 16.3. The number of piperazine rings is 2. The van der Waals surface area contributed by atoms with E-state index >= 15 is 0 Å². The third-order valence-electron chi connectivity index (χ3n) is 11.5. The summed E-state index contributed by atoms with van der Waals surface area (Å²) in [5.41, 5.74) is 1.28. The quantitative estimate of drug-likeness (QED) is 0.293. The van der Waals surface area contributed by atoms with Crippen LogP contribution in [0.1, 0.15) is 77.2 Å². The van der Waals surface area contributed by atoms with E-state index in [0.29, 0.717) is 34.1 Å². The molecule has 1 saturated carbocycles. The van der Waals surface area contributed by atoms with E-state index in [1.807, 2.05) is 12.1 Å². The van der Waals surface area contributed by atoms with Crippen LogP contribution in [0.4, 0.5) is 0 Å². The number of hydrogen-bond donors (Lipinski definition) is 2. The molecule has 3 heterocycles. The molecule has 0 spiro atoms. The Bertz CT molecular complexity index is 978. The van der Waals surface area contributed by atoms with Crippen LogP contribution in [0.15, 0.2) is 18.2 Å². The molecular formula is C35H59Cl2N5O. The van der Waals surface area contributed by atoms with Crippen LogP contribution in [-0.4, -0.2) is 121 Å². The van der Waals surface area contributed by atoms with Gasteiger partial charge in [-0.3, -0.25) is 19.6 Å². The van der Waals surface area contributed by atoms with Crippen LogP contribution in [0.3, 0.4) is 0 Å². The lowest BCUT2D eigenvalue weighted by Gasteiger charge is -2.48. The summed E-state index contributed by atoms with van der Waals surface area (Å²) in [6.07, 6.45) is 13.4. The van der Waals surface area contributed by atoms with Crippen LogP contribution in [0.5, 0.6) is 0 Å².